The second-order valence-electron chi connectivity index (χ2n) is 13.3. The van der Waals surface area contributed by atoms with E-state index in [1.165, 1.54) is 104 Å². The largest absolute Gasteiger partial charge is 0.467 e. The molecule has 0 aliphatic carbocycles. The lowest BCUT2D eigenvalue weighted by molar-refractivity contribution is -0.166. The molecule has 1 aliphatic heterocycles. The molecule has 1 amide bonds. The standard InChI is InChI=1S/C33H62N2O5/c1-8-9-10-11-12-13-14-15-16-17-18-19-20-21-22-23-24-40-29(37)25-35-31(3,4)26-33(30(38)39-7,34-28(2)36)27-32(35,5)6/h8-27H2,1-7H3,(H,34,36). The zero-order valence-electron chi connectivity index (χ0n) is 27.1. The Morgan fingerprint density at radius 3 is 1.48 bits per heavy atom. The highest BCUT2D eigenvalue weighted by atomic mass is 16.5. The van der Waals surface area contributed by atoms with E-state index in [0.29, 0.717) is 19.4 Å². The Balaban J connectivity index is 2.23. The molecule has 0 bridgehead atoms. The number of likely N-dealkylation sites (tertiary alicyclic amines) is 1. The van der Waals surface area contributed by atoms with Gasteiger partial charge in [-0.2, -0.15) is 0 Å². The third-order valence-electron chi connectivity index (χ3n) is 8.47. The zero-order chi connectivity index (χ0) is 30.1. The van der Waals surface area contributed by atoms with E-state index in [0.717, 1.165) is 12.8 Å². The van der Waals surface area contributed by atoms with E-state index in [1.54, 1.807) is 0 Å². The van der Waals surface area contributed by atoms with Crippen LogP contribution in [0.25, 0.3) is 0 Å². The summed E-state index contributed by atoms with van der Waals surface area (Å²) in [4.78, 5) is 39.6. The molecule has 7 nitrogen and oxygen atoms in total. The summed E-state index contributed by atoms with van der Waals surface area (Å²) < 4.78 is 10.7. The minimum absolute atomic E-state index is 0.149. The Labute approximate surface area is 245 Å². The van der Waals surface area contributed by atoms with Crippen molar-refractivity contribution in [1.29, 1.82) is 0 Å². The van der Waals surface area contributed by atoms with Gasteiger partial charge in [0.25, 0.3) is 0 Å². The van der Waals surface area contributed by atoms with Crippen LogP contribution in [0, 0.1) is 0 Å². The number of methoxy groups -OCH3 is 1. The van der Waals surface area contributed by atoms with E-state index in [4.69, 9.17) is 9.47 Å². The van der Waals surface area contributed by atoms with E-state index >= 15 is 0 Å². The number of ether oxygens (including phenoxy) is 2. The third kappa shape index (κ3) is 13.4. The maximum Gasteiger partial charge on any atom is 0.331 e. The van der Waals surface area contributed by atoms with Crippen molar-refractivity contribution >= 4 is 17.8 Å². The molecule has 1 fully saturated rings. The molecule has 0 saturated carbocycles. The number of nitrogens with one attached hydrogen (secondary N) is 1. The predicted molar refractivity (Wildman–Crippen MR) is 163 cm³/mol. The number of amides is 1. The molecule has 7 heteroatoms. The van der Waals surface area contributed by atoms with Crippen LogP contribution < -0.4 is 5.32 Å². The summed E-state index contributed by atoms with van der Waals surface area (Å²) in [5.74, 6) is -0.967. The van der Waals surface area contributed by atoms with Crippen LogP contribution in [0.15, 0.2) is 0 Å². The van der Waals surface area contributed by atoms with E-state index in [9.17, 15) is 14.4 Å². The SMILES string of the molecule is CCCCCCCCCCCCCCCCCCOC(=O)CN1C(C)(C)CC(NC(C)=O)(C(=O)OC)CC1(C)C. The Kier molecular flexibility index (Phi) is 17.0. The molecule has 1 heterocycles. The van der Waals surface area contributed by atoms with Crippen LogP contribution in [0.1, 0.15) is 157 Å². The first-order valence-corrected chi connectivity index (χ1v) is 16.2. The van der Waals surface area contributed by atoms with Gasteiger partial charge < -0.3 is 14.8 Å². The molecule has 1 rings (SSSR count). The minimum atomic E-state index is -1.12. The molecule has 0 aromatic rings. The molecule has 0 atom stereocenters. The first-order valence-electron chi connectivity index (χ1n) is 16.2. The Bertz CT molecular complexity index is 731. The number of rotatable bonds is 21. The number of hydrogen-bond acceptors (Lipinski definition) is 6. The first-order chi connectivity index (χ1) is 18.9. The summed E-state index contributed by atoms with van der Waals surface area (Å²) in [7, 11) is 1.34. The molecule has 40 heavy (non-hydrogen) atoms. The Hall–Kier alpha value is -1.63. The topological polar surface area (TPSA) is 84.9 Å². The fourth-order valence-electron chi connectivity index (χ4n) is 6.80. The van der Waals surface area contributed by atoms with Gasteiger partial charge in [0.2, 0.25) is 5.91 Å². The number of unbranched alkanes of at least 4 members (excludes halogenated alkanes) is 15. The van der Waals surface area contributed by atoms with Gasteiger partial charge in [-0.3, -0.25) is 14.5 Å². The third-order valence-corrected chi connectivity index (χ3v) is 8.47. The average Bonchev–Trinajstić information content (AvgIpc) is 2.86. The molecule has 0 spiro atoms. The fourth-order valence-corrected chi connectivity index (χ4v) is 6.80. The van der Waals surface area contributed by atoms with E-state index in [1.807, 2.05) is 27.7 Å². The summed E-state index contributed by atoms with van der Waals surface area (Å²) in [6, 6.07) is 0. The Morgan fingerprint density at radius 2 is 1.10 bits per heavy atom. The van der Waals surface area contributed by atoms with Crippen molar-refractivity contribution < 1.29 is 23.9 Å². The average molecular weight is 567 g/mol. The summed E-state index contributed by atoms with van der Waals surface area (Å²) in [5, 5.41) is 2.86. The number of piperidine rings is 1. The molecule has 1 N–H and O–H groups in total. The smallest absolute Gasteiger partial charge is 0.331 e. The van der Waals surface area contributed by atoms with Crippen LogP contribution in [0.4, 0.5) is 0 Å². The quantitative estimate of drug-likeness (QED) is 0.114. The van der Waals surface area contributed by atoms with Gasteiger partial charge in [0, 0.05) is 18.0 Å². The van der Waals surface area contributed by atoms with Gasteiger partial charge in [-0.05, 0) is 47.0 Å². The van der Waals surface area contributed by atoms with Crippen LogP contribution in [-0.4, -0.2) is 59.6 Å². The number of hydrogen-bond donors (Lipinski definition) is 1. The summed E-state index contributed by atoms with van der Waals surface area (Å²) in [6.45, 7) is 12.3. The Morgan fingerprint density at radius 1 is 0.700 bits per heavy atom. The van der Waals surface area contributed by atoms with Crippen LogP contribution >= 0.6 is 0 Å². The van der Waals surface area contributed by atoms with Gasteiger partial charge in [-0.25, -0.2) is 4.79 Å². The summed E-state index contributed by atoms with van der Waals surface area (Å²) in [6.07, 6.45) is 21.7. The number of carbonyl (C=O) groups excluding carboxylic acids is 3. The lowest BCUT2D eigenvalue weighted by Gasteiger charge is -2.58. The van der Waals surface area contributed by atoms with Crippen molar-refractivity contribution in [2.24, 2.45) is 0 Å². The van der Waals surface area contributed by atoms with Crippen molar-refractivity contribution in [2.75, 3.05) is 20.3 Å². The summed E-state index contributed by atoms with van der Waals surface area (Å²) >= 11 is 0. The number of nitrogens with zero attached hydrogens (tertiary/aromatic N) is 1. The second kappa shape index (κ2) is 18.7. The zero-order valence-corrected chi connectivity index (χ0v) is 27.1. The molecule has 1 aliphatic rings. The molecule has 0 aromatic heterocycles. The maximum atomic E-state index is 12.8. The molecule has 234 valence electrons. The highest BCUT2D eigenvalue weighted by molar-refractivity contribution is 5.87. The molecule has 0 aromatic carbocycles. The fraction of sp³-hybridized carbons (Fsp3) is 0.909. The van der Waals surface area contributed by atoms with Gasteiger partial charge >= 0.3 is 11.9 Å². The van der Waals surface area contributed by atoms with Gasteiger partial charge in [-0.1, -0.05) is 103 Å². The van der Waals surface area contributed by atoms with Crippen LogP contribution in [0.5, 0.6) is 0 Å². The van der Waals surface area contributed by atoms with Crippen molar-refractivity contribution in [2.45, 2.75) is 174 Å². The van der Waals surface area contributed by atoms with Gasteiger partial charge in [0.05, 0.1) is 20.3 Å². The highest BCUT2D eigenvalue weighted by Gasteiger charge is 2.57. The van der Waals surface area contributed by atoms with Crippen molar-refractivity contribution in [1.82, 2.24) is 10.2 Å². The van der Waals surface area contributed by atoms with Crippen molar-refractivity contribution in [3.05, 3.63) is 0 Å². The maximum absolute atomic E-state index is 12.8. The second-order valence-corrected chi connectivity index (χ2v) is 13.3. The first kappa shape index (κ1) is 36.4. The van der Waals surface area contributed by atoms with Crippen molar-refractivity contribution in [3.63, 3.8) is 0 Å². The molecule has 1 saturated heterocycles. The van der Waals surface area contributed by atoms with Gasteiger partial charge in [0.15, 0.2) is 0 Å². The molecule has 0 unspecified atom stereocenters. The highest BCUT2D eigenvalue weighted by Crippen LogP contribution is 2.44. The lowest BCUT2D eigenvalue weighted by Crippen LogP contribution is -2.72. The molecular formula is C33H62N2O5. The summed E-state index contributed by atoms with van der Waals surface area (Å²) in [5.41, 5.74) is -2.20. The monoisotopic (exact) mass is 566 g/mol. The predicted octanol–water partition coefficient (Wildman–Crippen LogP) is 7.49. The van der Waals surface area contributed by atoms with E-state index in [-0.39, 0.29) is 18.4 Å². The molecular weight excluding hydrogens is 504 g/mol. The number of carbonyl (C=O) groups is 3. The van der Waals surface area contributed by atoms with Crippen LogP contribution in [0.3, 0.4) is 0 Å². The lowest BCUT2D eigenvalue weighted by atomic mass is 9.68. The van der Waals surface area contributed by atoms with Crippen LogP contribution in [0.2, 0.25) is 0 Å². The van der Waals surface area contributed by atoms with Gasteiger partial charge in [-0.15, -0.1) is 0 Å². The normalized spacial score (nSPS) is 17.8. The van der Waals surface area contributed by atoms with E-state index < -0.39 is 22.6 Å². The number of esters is 2. The van der Waals surface area contributed by atoms with Crippen molar-refractivity contribution in [3.8, 4) is 0 Å². The van der Waals surface area contributed by atoms with Crippen LogP contribution in [-0.2, 0) is 23.9 Å². The minimum Gasteiger partial charge on any atom is -0.467 e. The van der Waals surface area contributed by atoms with E-state index in [2.05, 4.69) is 17.1 Å². The van der Waals surface area contributed by atoms with Gasteiger partial charge in [0.1, 0.15) is 5.54 Å². The molecule has 0 radical (unpaired) electrons.